The highest BCUT2D eigenvalue weighted by Crippen LogP contribution is 2.37. The molecule has 2 unspecified atom stereocenters. The second-order valence-electron chi connectivity index (χ2n) is 5.27. The quantitative estimate of drug-likeness (QED) is 0.785. The van der Waals surface area contributed by atoms with E-state index < -0.39 is 0 Å². The molecule has 108 valence electrons. The average molecular weight is 294 g/mol. The van der Waals surface area contributed by atoms with E-state index in [9.17, 15) is 9.59 Å². The van der Waals surface area contributed by atoms with Crippen LogP contribution < -0.4 is 16.0 Å². The summed E-state index contributed by atoms with van der Waals surface area (Å²) in [5.41, 5.74) is 7.16. The van der Waals surface area contributed by atoms with Gasteiger partial charge in [0.25, 0.3) is 0 Å². The summed E-state index contributed by atoms with van der Waals surface area (Å²) in [7, 11) is 0. The molecule has 2 amide bonds. The summed E-state index contributed by atoms with van der Waals surface area (Å²) in [5, 5.41) is 3.14. The molecule has 2 heterocycles. The Labute approximate surface area is 121 Å². The molecule has 3 N–H and O–H groups in total. The third-order valence-electron chi connectivity index (χ3n) is 3.87. The molecule has 0 radical (unpaired) electrons. The number of hydrogen-bond donors (Lipinski definition) is 2. The van der Waals surface area contributed by atoms with E-state index in [0.717, 1.165) is 35.0 Å². The van der Waals surface area contributed by atoms with Crippen LogP contribution in [0.5, 0.6) is 0 Å². The van der Waals surface area contributed by atoms with Crippen LogP contribution in [0.2, 0.25) is 0 Å². The summed E-state index contributed by atoms with van der Waals surface area (Å²) in [5.74, 6) is -0.501. The highest BCUT2D eigenvalue weighted by molar-refractivity contribution is 7.15. The number of amides is 2. The summed E-state index contributed by atoms with van der Waals surface area (Å²) in [4.78, 5) is 31.1. The molecule has 0 bridgehead atoms. The number of nitrogens with zero attached hydrogens (tertiary/aromatic N) is 2. The lowest BCUT2D eigenvalue weighted by Crippen LogP contribution is -2.58. The van der Waals surface area contributed by atoms with Gasteiger partial charge in [-0.2, -0.15) is 0 Å². The SMILES string of the molecule is CCC1C(=O)NC(=O)CN1c1nc2c(s1)C(N)CCC2. The summed E-state index contributed by atoms with van der Waals surface area (Å²) in [6, 6.07) is -0.282. The topological polar surface area (TPSA) is 88.3 Å². The number of aryl methyl sites for hydroxylation is 1. The number of thiazole rings is 1. The number of rotatable bonds is 2. The number of carbonyl (C=O) groups is 2. The van der Waals surface area contributed by atoms with Crippen molar-refractivity contribution in [3.63, 3.8) is 0 Å². The largest absolute Gasteiger partial charge is 0.327 e. The van der Waals surface area contributed by atoms with Crippen LogP contribution in [0.3, 0.4) is 0 Å². The van der Waals surface area contributed by atoms with Crippen LogP contribution in [0.1, 0.15) is 42.8 Å². The van der Waals surface area contributed by atoms with Gasteiger partial charge in [0.15, 0.2) is 5.13 Å². The van der Waals surface area contributed by atoms with E-state index in [1.807, 2.05) is 11.8 Å². The minimum atomic E-state index is -0.323. The maximum atomic E-state index is 11.9. The van der Waals surface area contributed by atoms with Gasteiger partial charge in [-0.1, -0.05) is 18.3 Å². The van der Waals surface area contributed by atoms with Crippen molar-refractivity contribution in [1.82, 2.24) is 10.3 Å². The number of fused-ring (bicyclic) bond motifs is 1. The summed E-state index contributed by atoms with van der Waals surface area (Å²) < 4.78 is 0. The van der Waals surface area contributed by atoms with Crippen molar-refractivity contribution in [3.05, 3.63) is 10.6 Å². The van der Waals surface area contributed by atoms with E-state index in [0.29, 0.717) is 6.42 Å². The highest BCUT2D eigenvalue weighted by atomic mass is 32.1. The normalized spacial score (nSPS) is 26.4. The maximum absolute atomic E-state index is 11.9. The molecular weight excluding hydrogens is 276 g/mol. The molecule has 1 fully saturated rings. The highest BCUT2D eigenvalue weighted by Gasteiger charge is 2.35. The van der Waals surface area contributed by atoms with Crippen LogP contribution in [-0.4, -0.2) is 29.4 Å². The van der Waals surface area contributed by atoms with Gasteiger partial charge in [-0.15, -0.1) is 0 Å². The van der Waals surface area contributed by atoms with E-state index in [1.165, 1.54) is 11.3 Å². The Morgan fingerprint density at radius 2 is 2.30 bits per heavy atom. The zero-order chi connectivity index (χ0) is 14.3. The molecule has 0 saturated carbocycles. The molecule has 1 aromatic rings. The predicted molar refractivity (Wildman–Crippen MR) is 76.6 cm³/mol. The Hall–Kier alpha value is -1.47. The van der Waals surface area contributed by atoms with Gasteiger partial charge in [-0.25, -0.2) is 4.98 Å². The van der Waals surface area contributed by atoms with Gasteiger partial charge in [0.2, 0.25) is 11.8 Å². The smallest absolute Gasteiger partial charge is 0.249 e. The number of imide groups is 1. The molecular formula is C13H18N4O2S. The summed E-state index contributed by atoms with van der Waals surface area (Å²) in [6.07, 6.45) is 3.61. The Bertz CT molecular complexity index is 557. The first-order chi connectivity index (χ1) is 9.60. The van der Waals surface area contributed by atoms with Gasteiger partial charge in [0, 0.05) is 10.9 Å². The van der Waals surface area contributed by atoms with Crippen LogP contribution >= 0.6 is 11.3 Å². The van der Waals surface area contributed by atoms with Gasteiger partial charge in [0.05, 0.1) is 5.69 Å². The number of nitrogens with one attached hydrogen (secondary N) is 1. The summed E-state index contributed by atoms with van der Waals surface area (Å²) >= 11 is 1.53. The standard InChI is InChI=1S/C13H18N4O2S/c1-2-9-12(19)16-10(18)6-17(9)13-15-8-5-3-4-7(14)11(8)20-13/h7,9H,2-6,14H2,1H3,(H,16,18,19). The maximum Gasteiger partial charge on any atom is 0.249 e. The van der Waals surface area contributed by atoms with Crippen LogP contribution in [0.15, 0.2) is 0 Å². The fourth-order valence-electron chi connectivity index (χ4n) is 2.84. The van der Waals surface area contributed by atoms with Crippen molar-refractivity contribution in [2.24, 2.45) is 5.73 Å². The van der Waals surface area contributed by atoms with Crippen molar-refractivity contribution in [2.45, 2.75) is 44.7 Å². The summed E-state index contributed by atoms with van der Waals surface area (Å²) in [6.45, 7) is 2.12. The number of hydrogen-bond acceptors (Lipinski definition) is 6. The molecule has 0 spiro atoms. The first kappa shape index (κ1) is 13.5. The van der Waals surface area contributed by atoms with E-state index >= 15 is 0 Å². The Morgan fingerprint density at radius 3 is 3.00 bits per heavy atom. The average Bonchev–Trinajstić information content (AvgIpc) is 2.83. The second-order valence-corrected chi connectivity index (χ2v) is 6.28. The van der Waals surface area contributed by atoms with Crippen LogP contribution in [0.25, 0.3) is 0 Å². The van der Waals surface area contributed by atoms with E-state index in [1.54, 1.807) is 0 Å². The van der Waals surface area contributed by atoms with Gasteiger partial charge in [-0.05, 0) is 25.7 Å². The molecule has 1 saturated heterocycles. The Kier molecular flexibility index (Phi) is 3.47. The zero-order valence-electron chi connectivity index (χ0n) is 11.4. The van der Waals surface area contributed by atoms with Crippen molar-refractivity contribution >= 4 is 28.3 Å². The van der Waals surface area contributed by atoms with Crippen LogP contribution in [-0.2, 0) is 16.0 Å². The number of carbonyl (C=O) groups excluding carboxylic acids is 2. The molecule has 1 aliphatic heterocycles. The third-order valence-corrected chi connectivity index (χ3v) is 5.14. The lowest BCUT2D eigenvalue weighted by Gasteiger charge is -2.33. The van der Waals surface area contributed by atoms with Crippen molar-refractivity contribution in [3.8, 4) is 0 Å². The number of nitrogens with two attached hydrogens (primary N) is 1. The third kappa shape index (κ3) is 2.20. The van der Waals surface area contributed by atoms with E-state index in [2.05, 4.69) is 10.3 Å². The minimum Gasteiger partial charge on any atom is -0.327 e. The van der Waals surface area contributed by atoms with E-state index in [-0.39, 0.29) is 30.4 Å². The molecule has 6 nitrogen and oxygen atoms in total. The zero-order valence-corrected chi connectivity index (χ0v) is 12.2. The van der Waals surface area contributed by atoms with Gasteiger partial charge in [0.1, 0.15) is 12.6 Å². The Balaban J connectivity index is 1.94. The van der Waals surface area contributed by atoms with Gasteiger partial charge < -0.3 is 10.6 Å². The minimum absolute atomic E-state index is 0.0411. The lowest BCUT2D eigenvalue weighted by molar-refractivity contribution is -0.132. The molecule has 1 aromatic heterocycles. The predicted octanol–water partition coefficient (Wildman–Crippen LogP) is 0.721. The number of anilines is 1. The molecule has 7 heteroatoms. The number of piperazine rings is 1. The lowest BCUT2D eigenvalue weighted by atomic mass is 9.99. The fraction of sp³-hybridized carbons (Fsp3) is 0.615. The first-order valence-corrected chi connectivity index (χ1v) is 7.77. The van der Waals surface area contributed by atoms with Crippen molar-refractivity contribution < 1.29 is 9.59 Å². The van der Waals surface area contributed by atoms with Crippen molar-refractivity contribution in [2.75, 3.05) is 11.4 Å². The van der Waals surface area contributed by atoms with E-state index in [4.69, 9.17) is 5.73 Å². The number of aromatic nitrogens is 1. The monoisotopic (exact) mass is 294 g/mol. The van der Waals surface area contributed by atoms with Gasteiger partial charge in [-0.3, -0.25) is 14.9 Å². The molecule has 1 aliphatic carbocycles. The molecule has 2 atom stereocenters. The van der Waals surface area contributed by atoms with Gasteiger partial charge >= 0.3 is 0 Å². The fourth-order valence-corrected chi connectivity index (χ4v) is 4.03. The molecule has 0 aromatic carbocycles. The molecule has 20 heavy (non-hydrogen) atoms. The molecule has 3 rings (SSSR count). The van der Waals surface area contributed by atoms with Crippen molar-refractivity contribution in [1.29, 1.82) is 0 Å². The molecule has 2 aliphatic rings. The van der Waals surface area contributed by atoms with Crippen LogP contribution in [0.4, 0.5) is 5.13 Å². The second kappa shape index (κ2) is 5.14. The Morgan fingerprint density at radius 1 is 1.50 bits per heavy atom. The first-order valence-electron chi connectivity index (χ1n) is 6.95. The van der Waals surface area contributed by atoms with Crippen LogP contribution in [0, 0.1) is 0 Å².